The van der Waals surface area contributed by atoms with Crippen molar-refractivity contribution in [3.63, 3.8) is 0 Å². The number of nitrogens with zero attached hydrogens (tertiary/aromatic N) is 2. The molecular weight excluding hydrogens is 721 g/mol. The van der Waals surface area contributed by atoms with E-state index in [-0.39, 0.29) is 0 Å². The van der Waals surface area contributed by atoms with Crippen LogP contribution in [0.5, 0.6) is 0 Å². The molecule has 0 bridgehead atoms. The van der Waals surface area contributed by atoms with E-state index in [4.69, 9.17) is 0 Å². The fourth-order valence-electron chi connectivity index (χ4n) is 10.4. The number of rotatable bonds is 4. The normalized spacial score (nSPS) is 13.3. The molecule has 1 aliphatic carbocycles. The quantitative estimate of drug-likeness (QED) is 0.169. The van der Waals surface area contributed by atoms with Crippen molar-refractivity contribution in [2.75, 3.05) is 0 Å². The Balaban J connectivity index is 1.14. The van der Waals surface area contributed by atoms with Crippen LogP contribution in [-0.4, -0.2) is 9.13 Å². The Bertz CT molecular complexity index is 3570. The number of aromatic nitrogens is 2. The Morgan fingerprint density at radius 2 is 0.862 bits per heavy atom. The lowest BCUT2D eigenvalue weighted by Crippen LogP contribution is -2.28. The van der Waals surface area contributed by atoms with Crippen LogP contribution in [0.15, 0.2) is 206 Å². The van der Waals surface area contributed by atoms with Crippen LogP contribution in [0.25, 0.3) is 86.3 Å². The molecule has 3 heterocycles. The number of thiophene rings is 1. The van der Waals surface area contributed by atoms with Gasteiger partial charge >= 0.3 is 0 Å². The first kappa shape index (κ1) is 31.9. The lowest BCUT2D eigenvalue weighted by molar-refractivity contribution is 0.767. The SMILES string of the molecule is c1ccc(-n2c3cc4sc5ccccc5c4cc3c3cc4c5ccccc5n(-c5ccc6c(c5)C(c5ccccc5)(c5ccccc5)c5ccccc5-6)c4cc32)cc1. The molecule has 0 radical (unpaired) electrons. The Morgan fingerprint density at radius 3 is 1.62 bits per heavy atom. The van der Waals surface area contributed by atoms with Crippen molar-refractivity contribution >= 4 is 75.1 Å². The molecule has 270 valence electrons. The van der Waals surface area contributed by atoms with Gasteiger partial charge < -0.3 is 9.13 Å². The average molecular weight is 755 g/mol. The second-order valence-electron chi connectivity index (χ2n) is 15.6. The molecule has 9 aromatic carbocycles. The summed E-state index contributed by atoms with van der Waals surface area (Å²) in [6.45, 7) is 0. The number of para-hydroxylation sites is 2. The standard InChI is InChI=1S/C55H34N2S/c1-4-16-35(17-5-1)55(36-18-6-2-7-19-36)47-25-13-10-22-39(47)40-29-28-38(30-48(40)55)57-49-26-14-11-23-41(49)43-31-44-45-32-46-42-24-12-15-27-53(42)58-54(46)34-52(45)56(51(44)33-50(43)57)37-20-8-3-9-21-37/h1-34H. The molecule has 13 rings (SSSR count). The maximum Gasteiger partial charge on any atom is 0.0714 e. The van der Waals surface area contributed by atoms with Gasteiger partial charge in [-0.05, 0) is 94.0 Å². The molecule has 0 aliphatic heterocycles. The van der Waals surface area contributed by atoms with E-state index in [1.54, 1.807) is 0 Å². The van der Waals surface area contributed by atoms with Crippen LogP contribution in [0, 0.1) is 0 Å². The van der Waals surface area contributed by atoms with Crippen LogP contribution in [0.3, 0.4) is 0 Å². The zero-order valence-corrected chi connectivity index (χ0v) is 32.2. The van der Waals surface area contributed by atoms with E-state index in [1.807, 2.05) is 11.3 Å². The number of fused-ring (bicyclic) bond motifs is 12. The van der Waals surface area contributed by atoms with Gasteiger partial charge in [-0.15, -0.1) is 11.3 Å². The van der Waals surface area contributed by atoms with Gasteiger partial charge in [-0.25, -0.2) is 0 Å². The summed E-state index contributed by atoms with van der Waals surface area (Å²) >= 11 is 1.88. The van der Waals surface area contributed by atoms with Gasteiger partial charge in [-0.2, -0.15) is 0 Å². The smallest absolute Gasteiger partial charge is 0.0714 e. The zero-order valence-electron chi connectivity index (χ0n) is 31.4. The Kier molecular flexibility index (Phi) is 6.56. The maximum absolute atomic E-state index is 2.51. The first-order valence-corrected chi connectivity index (χ1v) is 20.8. The summed E-state index contributed by atoms with van der Waals surface area (Å²) in [6, 6.07) is 76.8. The minimum absolute atomic E-state index is 0.479. The lowest BCUT2D eigenvalue weighted by Gasteiger charge is -2.34. The second kappa shape index (κ2) is 11.9. The summed E-state index contributed by atoms with van der Waals surface area (Å²) in [6.07, 6.45) is 0. The molecule has 0 saturated carbocycles. The predicted molar refractivity (Wildman–Crippen MR) is 245 cm³/mol. The van der Waals surface area contributed by atoms with Crippen molar-refractivity contribution < 1.29 is 0 Å². The van der Waals surface area contributed by atoms with Crippen LogP contribution in [-0.2, 0) is 5.41 Å². The third kappa shape index (κ3) is 4.21. The third-order valence-electron chi connectivity index (χ3n) is 12.8. The molecule has 0 N–H and O–H groups in total. The van der Waals surface area contributed by atoms with Crippen molar-refractivity contribution in [3.8, 4) is 22.5 Å². The van der Waals surface area contributed by atoms with Gasteiger partial charge in [0.1, 0.15) is 0 Å². The van der Waals surface area contributed by atoms with E-state index >= 15 is 0 Å². The van der Waals surface area contributed by atoms with Gasteiger partial charge in [-0.3, -0.25) is 0 Å². The molecule has 3 aromatic heterocycles. The fraction of sp³-hybridized carbons (Fsp3) is 0.0182. The van der Waals surface area contributed by atoms with Crippen molar-refractivity contribution in [2.45, 2.75) is 5.41 Å². The van der Waals surface area contributed by atoms with Gasteiger partial charge in [-0.1, -0.05) is 146 Å². The lowest BCUT2D eigenvalue weighted by atomic mass is 9.67. The minimum Gasteiger partial charge on any atom is -0.309 e. The predicted octanol–water partition coefficient (Wildman–Crippen LogP) is 14.6. The molecule has 12 aromatic rings. The van der Waals surface area contributed by atoms with E-state index in [1.165, 1.54) is 97.2 Å². The molecule has 3 heteroatoms. The molecule has 58 heavy (non-hydrogen) atoms. The highest BCUT2D eigenvalue weighted by Gasteiger charge is 2.46. The summed E-state index contributed by atoms with van der Waals surface area (Å²) in [7, 11) is 0. The van der Waals surface area contributed by atoms with Crippen molar-refractivity contribution in [3.05, 3.63) is 229 Å². The molecule has 0 spiro atoms. The van der Waals surface area contributed by atoms with E-state index in [9.17, 15) is 0 Å². The minimum atomic E-state index is -0.479. The van der Waals surface area contributed by atoms with Gasteiger partial charge in [0.15, 0.2) is 0 Å². The molecule has 2 nitrogen and oxygen atoms in total. The number of hydrogen-bond donors (Lipinski definition) is 0. The summed E-state index contributed by atoms with van der Waals surface area (Å²) in [5.41, 5.74) is 14.4. The second-order valence-corrected chi connectivity index (χ2v) is 16.7. The Hall–Kier alpha value is -7.20. The summed E-state index contributed by atoms with van der Waals surface area (Å²) < 4.78 is 7.62. The monoisotopic (exact) mass is 754 g/mol. The third-order valence-corrected chi connectivity index (χ3v) is 13.9. The highest BCUT2D eigenvalue weighted by molar-refractivity contribution is 7.25. The van der Waals surface area contributed by atoms with E-state index in [0.29, 0.717) is 0 Å². The largest absolute Gasteiger partial charge is 0.309 e. The van der Waals surface area contributed by atoms with Crippen LogP contribution in [0.4, 0.5) is 0 Å². The van der Waals surface area contributed by atoms with Crippen molar-refractivity contribution in [2.24, 2.45) is 0 Å². The van der Waals surface area contributed by atoms with Crippen LogP contribution in [0.2, 0.25) is 0 Å². The molecule has 0 saturated heterocycles. The maximum atomic E-state index is 2.51. The number of benzene rings is 9. The molecule has 0 fully saturated rings. The van der Waals surface area contributed by atoms with Gasteiger partial charge in [0.25, 0.3) is 0 Å². The molecule has 0 atom stereocenters. The van der Waals surface area contributed by atoms with Crippen LogP contribution >= 0.6 is 11.3 Å². The van der Waals surface area contributed by atoms with Crippen LogP contribution < -0.4 is 0 Å². The number of hydrogen-bond acceptors (Lipinski definition) is 1. The van der Waals surface area contributed by atoms with Crippen molar-refractivity contribution in [1.82, 2.24) is 9.13 Å². The first-order valence-electron chi connectivity index (χ1n) is 20.0. The van der Waals surface area contributed by atoms with E-state index in [2.05, 4.69) is 215 Å². The zero-order chi connectivity index (χ0) is 38.0. The highest BCUT2D eigenvalue weighted by atomic mass is 32.1. The molecular formula is C55H34N2S. The fourth-order valence-corrected chi connectivity index (χ4v) is 11.5. The molecule has 0 unspecified atom stereocenters. The van der Waals surface area contributed by atoms with Crippen molar-refractivity contribution in [1.29, 1.82) is 0 Å². The van der Waals surface area contributed by atoms with E-state index < -0.39 is 5.41 Å². The summed E-state index contributed by atoms with van der Waals surface area (Å²) in [5, 5.41) is 7.70. The molecule has 1 aliphatic rings. The first-order chi connectivity index (χ1) is 28.8. The Labute approximate surface area is 339 Å². The summed E-state index contributed by atoms with van der Waals surface area (Å²) in [5.74, 6) is 0. The highest BCUT2D eigenvalue weighted by Crippen LogP contribution is 2.56. The van der Waals surface area contributed by atoms with Gasteiger partial charge in [0, 0.05) is 53.1 Å². The topological polar surface area (TPSA) is 9.86 Å². The van der Waals surface area contributed by atoms with Gasteiger partial charge in [0.2, 0.25) is 0 Å². The average Bonchev–Trinajstić information content (AvgIpc) is 4.00. The van der Waals surface area contributed by atoms with Gasteiger partial charge in [0.05, 0.1) is 27.5 Å². The summed E-state index contributed by atoms with van der Waals surface area (Å²) in [4.78, 5) is 0. The molecule has 0 amide bonds. The van der Waals surface area contributed by atoms with E-state index in [0.717, 1.165) is 11.4 Å². The Morgan fingerprint density at radius 1 is 0.310 bits per heavy atom. The van der Waals surface area contributed by atoms with Crippen LogP contribution in [0.1, 0.15) is 22.3 Å².